The van der Waals surface area contributed by atoms with E-state index in [1.165, 1.54) is 0 Å². The smallest absolute Gasteiger partial charge is 0.346 e. The Labute approximate surface area is 100 Å². The van der Waals surface area contributed by atoms with E-state index in [-0.39, 0.29) is 12.1 Å². The molecule has 0 spiro atoms. The minimum absolute atomic E-state index is 0.0778. The fourth-order valence-electron chi connectivity index (χ4n) is 1.65. The van der Waals surface area contributed by atoms with Crippen LogP contribution in [0.3, 0.4) is 0 Å². The first-order valence-corrected chi connectivity index (χ1v) is 5.87. The molecule has 0 aromatic rings. The first-order chi connectivity index (χ1) is 7.78. The van der Waals surface area contributed by atoms with Crippen molar-refractivity contribution in [2.75, 3.05) is 13.1 Å². The highest BCUT2D eigenvalue weighted by Gasteiger charge is 2.28. The van der Waals surface area contributed by atoms with E-state index < -0.39 is 18.6 Å². The number of rotatable bonds is 7. The first-order valence-electron chi connectivity index (χ1n) is 5.87. The lowest BCUT2D eigenvalue weighted by Gasteiger charge is -2.31. The van der Waals surface area contributed by atoms with Crippen LogP contribution in [-0.2, 0) is 4.79 Å². The molecule has 0 unspecified atom stereocenters. The molecule has 2 N–H and O–H groups in total. The topological polar surface area (TPSA) is 41.1 Å². The lowest BCUT2D eigenvalue weighted by atomic mass is 9.90. The van der Waals surface area contributed by atoms with Crippen molar-refractivity contribution in [1.29, 1.82) is 0 Å². The van der Waals surface area contributed by atoms with Gasteiger partial charge in [0.25, 0.3) is 0 Å². The molecular weight excluding hydrogens is 233 g/mol. The molecular formula is C11H21F3N2O. The van der Waals surface area contributed by atoms with Crippen molar-refractivity contribution in [2.45, 2.75) is 51.7 Å². The maximum atomic E-state index is 11.9. The monoisotopic (exact) mass is 254 g/mol. The van der Waals surface area contributed by atoms with E-state index in [2.05, 4.69) is 5.32 Å². The van der Waals surface area contributed by atoms with E-state index in [1.807, 2.05) is 26.1 Å². The summed E-state index contributed by atoms with van der Waals surface area (Å²) in [6.07, 6.45) is -1.83. The molecule has 0 saturated carbocycles. The third-order valence-corrected chi connectivity index (χ3v) is 3.14. The lowest BCUT2D eigenvalue weighted by molar-refractivity contribution is -0.138. The molecule has 0 aliphatic rings. The molecule has 0 aliphatic carbocycles. The predicted molar refractivity (Wildman–Crippen MR) is 60.7 cm³/mol. The molecule has 0 rings (SSSR count). The Morgan fingerprint density at radius 1 is 1.06 bits per heavy atom. The SMILES string of the molecule is CCC(CC)(CC)NCC(=O)NCC(F)(F)F. The molecule has 0 bridgehead atoms. The summed E-state index contributed by atoms with van der Waals surface area (Å²) >= 11 is 0. The van der Waals surface area contributed by atoms with Gasteiger partial charge < -0.3 is 10.6 Å². The second kappa shape index (κ2) is 6.83. The number of hydrogen-bond acceptors (Lipinski definition) is 2. The second-order valence-electron chi connectivity index (χ2n) is 4.09. The van der Waals surface area contributed by atoms with Crippen LogP contribution in [0.15, 0.2) is 0 Å². The van der Waals surface area contributed by atoms with Gasteiger partial charge in [0, 0.05) is 5.54 Å². The molecule has 1 amide bonds. The quantitative estimate of drug-likeness (QED) is 0.731. The largest absolute Gasteiger partial charge is 0.405 e. The zero-order valence-corrected chi connectivity index (χ0v) is 10.6. The molecule has 0 aromatic heterocycles. The van der Waals surface area contributed by atoms with Gasteiger partial charge in [0.05, 0.1) is 6.54 Å². The minimum atomic E-state index is -4.35. The Kier molecular flexibility index (Phi) is 6.52. The third kappa shape index (κ3) is 6.51. The van der Waals surface area contributed by atoms with Crippen LogP contribution in [0.1, 0.15) is 40.0 Å². The highest BCUT2D eigenvalue weighted by molar-refractivity contribution is 5.78. The van der Waals surface area contributed by atoms with Gasteiger partial charge in [-0.25, -0.2) is 0 Å². The number of hydrogen-bond donors (Lipinski definition) is 2. The number of halogens is 3. The molecule has 102 valence electrons. The zero-order chi connectivity index (χ0) is 13.5. The summed E-state index contributed by atoms with van der Waals surface area (Å²) in [5.74, 6) is -0.623. The van der Waals surface area contributed by atoms with Crippen LogP contribution in [-0.4, -0.2) is 30.7 Å². The molecule has 0 radical (unpaired) electrons. The van der Waals surface area contributed by atoms with Crippen LogP contribution in [0.5, 0.6) is 0 Å². The van der Waals surface area contributed by atoms with Gasteiger partial charge in [-0.05, 0) is 19.3 Å². The van der Waals surface area contributed by atoms with E-state index in [1.54, 1.807) is 0 Å². The molecule has 0 atom stereocenters. The normalized spacial score (nSPS) is 12.6. The Morgan fingerprint density at radius 2 is 1.53 bits per heavy atom. The van der Waals surface area contributed by atoms with Gasteiger partial charge in [0.15, 0.2) is 0 Å². The number of carbonyl (C=O) groups is 1. The van der Waals surface area contributed by atoms with E-state index in [0.717, 1.165) is 19.3 Å². The fraction of sp³-hybridized carbons (Fsp3) is 0.909. The third-order valence-electron chi connectivity index (χ3n) is 3.14. The van der Waals surface area contributed by atoms with Crippen molar-refractivity contribution in [2.24, 2.45) is 0 Å². The van der Waals surface area contributed by atoms with E-state index in [0.29, 0.717) is 0 Å². The number of nitrogens with one attached hydrogen (secondary N) is 2. The summed E-state index contributed by atoms with van der Waals surface area (Å²) < 4.78 is 35.6. The van der Waals surface area contributed by atoms with Gasteiger partial charge in [0.1, 0.15) is 6.54 Å². The van der Waals surface area contributed by atoms with Crippen LogP contribution in [0.4, 0.5) is 13.2 Å². The Hall–Kier alpha value is -0.780. The average Bonchev–Trinajstić information content (AvgIpc) is 2.28. The van der Waals surface area contributed by atoms with E-state index >= 15 is 0 Å². The highest BCUT2D eigenvalue weighted by atomic mass is 19.4. The summed E-state index contributed by atoms with van der Waals surface area (Å²) in [6.45, 7) is 4.63. The number of carbonyl (C=O) groups excluding carboxylic acids is 1. The molecule has 6 heteroatoms. The second-order valence-corrected chi connectivity index (χ2v) is 4.09. The summed E-state index contributed by atoms with van der Waals surface area (Å²) in [7, 11) is 0. The maximum absolute atomic E-state index is 11.9. The Morgan fingerprint density at radius 3 is 1.88 bits per heavy atom. The number of amides is 1. The lowest BCUT2D eigenvalue weighted by Crippen LogP contribution is -2.49. The fourth-order valence-corrected chi connectivity index (χ4v) is 1.65. The maximum Gasteiger partial charge on any atom is 0.405 e. The molecule has 0 aromatic carbocycles. The highest BCUT2D eigenvalue weighted by Crippen LogP contribution is 2.18. The molecule has 3 nitrogen and oxygen atoms in total. The summed E-state index contributed by atoms with van der Waals surface area (Å²) in [6, 6.07) is 0. The van der Waals surface area contributed by atoms with Crippen molar-refractivity contribution >= 4 is 5.91 Å². The van der Waals surface area contributed by atoms with Gasteiger partial charge in [0.2, 0.25) is 5.91 Å². The molecule has 0 aliphatic heterocycles. The minimum Gasteiger partial charge on any atom is -0.346 e. The number of alkyl halides is 3. The summed E-state index contributed by atoms with van der Waals surface area (Å²) in [5.41, 5.74) is -0.157. The van der Waals surface area contributed by atoms with Gasteiger partial charge in [-0.1, -0.05) is 20.8 Å². The van der Waals surface area contributed by atoms with Crippen molar-refractivity contribution < 1.29 is 18.0 Å². The van der Waals surface area contributed by atoms with E-state index in [9.17, 15) is 18.0 Å². The molecule has 17 heavy (non-hydrogen) atoms. The van der Waals surface area contributed by atoms with Crippen molar-refractivity contribution in [3.8, 4) is 0 Å². The standard InChI is InChI=1S/C11H21F3N2O/c1-4-10(5-2,6-3)16-7-9(17)15-8-11(12,13)14/h16H,4-8H2,1-3H3,(H,15,17). The van der Waals surface area contributed by atoms with Gasteiger partial charge in [-0.2, -0.15) is 13.2 Å². The zero-order valence-electron chi connectivity index (χ0n) is 10.6. The van der Waals surface area contributed by atoms with E-state index in [4.69, 9.17) is 0 Å². The average molecular weight is 254 g/mol. The van der Waals surface area contributed by atoms with Gasteiger partial charge in [-0.15, -0.1) is 0 Å². The van der Waals surface area contributed by atoms with Crippen LogP contribution in [0, 0.1) is 0 Å². The first kappa shape index (κ1) is 16.2. The van der Waals surface area contributed by atoms with Gasteiger partial charge in [-0.3, -0.25) is 4.79 Å². The van der Waals surface area contributed by atoms with Gasteiger partial charge >= 0.3 is 6.18 Å². The predicted octanol–water partition coefficient (Wildman–Crippen LogP) is 2.22. The van der Waals surface area contributed by atoms with Crippen molar-refractivity contribution in [3.63, 3.8) is 0 Å². The van der Waals surface area contributed by atoms with Crippen LogP contribution in [0.25, 0.3) is 0 Å². The van der Waals surface area contributed by atoms with Crippen LogP contribution in [0.2, 0.25) is 0 Å². The Balaban J connectivity index is 4.06. The molecule has 0 heterocycles. The van der Waals surface area contributed by atoms with Crippen LogP contribution >= 0.6 is 0 Å². The van der Waals surface area contributed by atoms with Crippen molar-refractivity contribution in [1.82, 2.24) is 10.6 Å². The van der Waals surface area contributed by atoms with Crippen molar-refractivity contribution in [3.05, 3.63) is 0 Å². The summed E-state index contributed by atoms with van der Waals surface area (Å²) in [4.78, 5) is 11.2. The summed E-state index contributed by atoms with van der Waals surface area (Å²) in [5, 5.41) is 4.88. The Bertz CT molecular complexity index is 229. The molecule has 0 saturated heterocycles. The van der Waals surface area contributed by atoms with Crippen LogP contribution < -0.4 is 10.6 Å². The molecule has 0 fully saturated rings.